The molecule has 5 nitrogen and oxygen atoms in total. The largest absolute Gasteiger partial charge is 0.373 e. The number of fused-ring (bicyclic) bond motifs is 1. The van der Waals surface area contributed by atoms with E-state index in [4.69, 9.17) is 24.7 Å². The summed E-state index contributed by atoms with van der Waals surface area (Å²) in [6.45, 7) is 11.1. The number of rotatable bonds is 4. The Bertz CT molecular complexity index is 313. The summed E-state index contributed by atoms with van der Waals surface area (Å²) in [6.07, 6.45) is 0.675. The first-order chi connectivity index (χ1) is 8.68. The van der Waals surface area contributed by atoms with E-state index in [9.17, 15) is 0 Å². The Labute approximate surface area is 115 Å². The second-order valence-corrected chi connectivity index (χ2v) is 6.83. The molecule has 0 bridgehead atoms. The Balaban J connectivity index is 1.79. The number of hydrogen-bond acceptors (Lipinski definition) is 5. The van der Waals surface area contributed by atoms with E-state index in [-0.39, 0.29) is 30.0 Å². The average Bonchev–Trinajstić information content (AvgIpc) is 2.69. The smallest absolute Gasteiger partial charge is 0.163 e. The minimum absolute atomic E-state index is 0.00495. The lowest BCUT2D eigenvalue weighted by atomic mass is 10.2. The third-order valence-corrected chi connectivity index (χ3v) is 3.41. The Morgan fingerprint density at radius 2 is 1.79 bits per heavy atom. The molecule has 1 saturated heterocycles. The summed E-state index contributed by atoms with van der Waals surface area (Å²) in [6, 6.07) is -0.0136. The van der Waals surface area contributed by atoms with Gasteiger partial charge in [-0.05, 0) is 41.0 Å². The highest BCUT2D eigenvalue weighted by Crippen LogP contribution is 2.38. The molecule has 0 aromatic heterocycles. The average molecular weight is 273 g/mol. The van der Waals surface area contributed by atoms with Crippen LogP contribution in [0.25, 0.3) is 0 Å². The molecule has 112 valence electrons. The molecule has 2 rings (SSSR count). The molecule has 1 aliphatic heterocycles. The van der Waals surface area contributed by atoms with Crippen LogP contribution in [0.3, 0.4) is 0 Å². The lowest BCUT2D eigenvalue weighted by molar-refractivity contribution is -0.169. The highest BCUT2D eigenvalue weighted by Gasteiger charge is 2.53. The molecule has 2 aliphatic rings. The molecule has 0 radical (unpaired) electrons. The van der Waals surface area contributed by atoms with E-state index in [1.807, 2.05) is 34.6 Å². The van der Waals surface area contributed by atoms with Crippen LogP contribution < -0.4 is 5.73 Å². The lowest BCUT2D eigenvalue weighted by Crippen LogP contribution is -2.35. The van der Waals surface area contributed by atoms with Crippen LogP contribution in [0.5, 0.6) is 0 Å². The van der Waals surface area contributed by atoms with Crippen molar-refractivity contribution < 1.29 is 18.9 Å². The van der Waals surface area contributed by atoms with Crippen LogP contribution in [0.15, 0.2) is 0 Å². The fraction of sp³-hybridized carbons (Fsp3) is 1.00. The molecule has 1 aliphatic carbocycles. The van der Waals surface area contributed by atoms with Crippen molar-refractivity contribution in [1.29, 1.82) is 0 Å². The van der Waals surface area contributed by atoms with Gasteiger partial charge in [0.1, 0.15) is 12.2 Å². The van der Waals surface area contributed by atoms with Crippen molar-refractivity contribution in [2.75, 3.05) is 13.2 Å². The summed E-state index contributed by atoms with van der Waals surface area (Å²) in [5, 5.41) is 0. The fourth-order valence-electron chi connectivity index (χ4n) is 2.68. The van der Waals surface area contributed by atoms with Crippen molar-refractivity contribution in [3.8, 4) is 0 Å². The maximum atomic E-state index is 6.09. The molecule has 4 atom stereocenters. The molecule has 2 N–H and O–H groups in total. The van der Waals surface area contributed by atoms with Crippen molar-refractivity contribution in [2.24, 2.45) is 5.73 Å². The molecular weight excluding hydrogens is 246 g/mol. The van der Waals surface area contributed by atoms with Gasteiger partial charge in [-0.3, -0.25) is 0 Å². The number of hydrogen-bond donors (Lipinski definition) is 1. The fourth-order valence-corrected chi connectivity index (χ4v) is 2.68. The second kappa shape index (κ2) is 5.30. The number of ether oxygens (including phenoxy) is 4. The van der Waals surface area contributed by atoms with Gasteiger partial charge in [-0.2, -0.15) is 0 Å². The monoisotopic (exact) mass is 273 g/mol. The summed E-state index contributed by atoms with van der Waals surface area (Å²) in [5.74, 6) is -0.559. The molecule has 0 aromatic rings. The molecule has 19 heavy (non-hydrogen) atoms. The van der Waals surface area contributed by atoms with Crippen molar-refractivity contribution >= 4 is 0 Å². The molecule has 0 spiro atoms. The summed E-state index contributed by atoms with van der Waals surface area (Å²) < 4.78 is 23.2. The number of nitrogens with two attached hydrogens (primary N) is 1. The van der Waals surface area contributed by atoms with Crippen LogP contribution in [0, 0.1) is 0 Å². The van der Waals surface area contributed by atoms with E-state index >= 15 is 0 Å². The summed E-state index contributed by atoms with van der Waals surface area (Å²) in [5.41, 5.74) is 5.96. The minimum Gasteiger partial charge on any atom is -0.373 e. The Kier molecular flexibility index (Phi) is 4.23. The maximum Gasteiger partial charge on any atom is 0.163 e. The van der Waals surface area contributed by atoms with Gasteiger partial charge in [0.15, 0.2) is 5.79 Å². The van der Waals surface area contributed by atoms with Gasteiger partial charge in [-0.25, -0.2) is 0 Å². The van der Waals surface area contributed by atoms with Crippen molar-refractivity contribution in [3.05, 3.63) is 0 Å². The molecular formula is C14H27NO4. The highest BCUT2D eigenvalue weighted by molar-refractivity contribution is 5.01. The molecule has 1 saturated carbocycles. The van der Waals surface area contributed by atoms with Crippen LogP contribution in [0.1, 0.15) is 41.0 Å². The zero-order valence-electron chi connectivity index (χ0n) is 12.6. The SMILES string of the molecule is CC(C)(C)OCCO[C@H]1C[C@@H](N)[C@@H]2OC(C)(C)O[C@@H]21. The maximum absolute atomic E-state index is 6.09. The normalized spacial score (nSPS) is 37.6. The van der Waals surface area contributed by atoms with E-state index in [1.165, 1.54) is 0 Å². The molecule has 2 fully saturated rings. The lowest BCUT2D eigenvalue weighted by Gasteiger charge is -2.24. The topological polar surface area (TPSA) is 62.9 Å². The van der Waals surface area contributed by atoms with Gasteiger partial charge in [0, 0.05) is 6.04 Å². The molecule has 5 heteroatoms. The third-order valence-electron chi connectivity index (χ3n) is 3.41. The first-order valence-corrected chi connectivity index (χ1v) is 7.05. The zero-order valence-corrected chi connectivity index (χ0v) is 12.6. The quantitative estimate of drug-likeness (QED) is 0.785. The van der Waals surface area contributed by atoms with E-state index in [1.54, 1.807) is 0 Å². The Morgan fingerprint density at radius 1 is 1.16 bits per heavy atom. The summed E-state index contributed by atoms with van der Waals surface area (Å²) >= 11 is 0. The van der Waals surface area contributed by atoms with Gasteiger partial charge in [-0.15, -0.1) is 0 Å². The highest BCUT2D eigenvalue weighted by atomic mass is 16.8. The summed E-state index contributed by atoms with van der Waals surface area (Å²) in [4.78, 5) is 0. The van der Waals surface area contributed by atoms with Crippen molar-refractivity contribution in [3.63, 3.8) is 0 Å². The molecule has 1 heterocycles. The van der Waals surface area contributed by atoms with Gasteiger partial charge in [0.2, 0.25) is 0 Å². The zero-order chi connectivity index (χ0) is 14.3. The first-order valence-electron chi connectivity index (χ1n) is 7.05. The van der Waals surface area contributed by atoms with E-state index in [0.717, 1.165) is 6.42 Å². The Morgan fingerprint density at radius 3 is 2.42 bits per heavy atom. The van der Waals surface area contributed by atoms with Gasteiger partial charge >= 0.3 is 0 Å². The van der Waals surface area contributed by atoms with E-state index in [0.29, 0.717) is 13.2 Å². The minimum atomic E-state index is -0.559. The third kappa shape index (κ3) is 3.89. The van der Waals surface area contributed by atoms with E-state index < -0.39 is 5.79 Å². The van der Waals surface area contributed by atoms with Crippen LogP contribution in [-0.2, 0) is 18.9 Å². The predicted molar refractivity (Wildman–Crippen MR) is 71.9 cm³/mol. The molecule has 0 aromatic carbocycles. The van der Waals surface area contributed by atoms with Crippen LogP contribution in [-0.4, -0.2) is 49.0 Å². The van der Waals surface area contributed by atoms with Gasteiger partial charge < -0.3 is 24.7 Å². The van der Waals surface area contributed by atoms with E-state index in [2.05, 4.69) is 0 Å². The van der Waals surface area contributed by atoms with Crippen LogP contribution in [0.2, 0.25) is 0 Å². The van der Waals surface area contributed by atoms with Crippen LogP contribution >= 0.6 is 0 Å². The predicted octanol–water partition coefficient (Wildman–Crippen LogP) is 1.44. The van der Waals surface area contributed by atoms with Crippen molar-refractivity contribution in [2.45, 2.75) is 76.8 Å². The van der Waals surface area contributed by atoms with Gasteiger partial charge in [0.25, 0.3) is 0 Å². The molecule has 0 amide bonds. The first kappa shape index (κ1) is 15.2. The molecule has 0 unspecified atom stereocenters. The van der Waals surface area contributed by atoms with Crippen molar-refractivity contribution in [1.82, 2.24) is 0 Å². The summed E-state index contributed by atoms with van der Waals surface area (Å²) in [7, 11) is 0. The standard InChI is InChI=1S/C14H27NO4/c1-13(2,3)17-7-6-16-10-8-9(15)11-12(10)19-14(4,5)18-11/h9-12H,6-8,15H2,1-5H3/t9-,10+,11+,12-/m1/s1. The van der Waals surface area contributed by atoms with Gasteiger partial charge in [0.05, 0.1) is 24.9 Å². The van der Waals surface area contributed by atoms with Crippen LogP contribution in [0.4, 0.5) is 0 Å². The van der Waals surface area contributed by atoms with Gasteiger partial charge in [-0.1, -0.05) is 0 Å². The Hall–Kier alpha value is -0.200. The second-order valence-electron chi connectivity index (χ2n) is 6.83.